The number of benzene rings is 4. The zero-order chi connectivity index (χ0) is 48.3. The first-order valence-electron chi connectivity index (χ1n) is 22.1. The average Bonchev–Trinajstić information content (AvgIpc) is 3.28. The van der Waals surface area contributed by atoms with Crippen LogP contribution in [0.1, 0.15) is 82.6 Å². The zero-order valence-corrected chi connectivity index (χ0v) is 42.3. The number of rotatable bonds is 16. The molecular formula is C50H65ClF3N5O4S3. The number of carbonyl (C=O) groups is 2. The van der Waals surface area contributed by atoms with Crippen LogP contribution in [0.25, 0.3) is 5.57 Å². The predicted molar refractivity (Wildman–Crippen MR) is 270 cm³/mol. The maximum Gasteiger partial charge on any atom is 0.475 e. The van der Waals surface area contributed by atoms with Crippen LogP contribution in [0.5, 0.6) is 0 Å². The van der Waals surface area contributed by atoms with Crippen molar-refractivity contribution in [1.29, 1.82) is 0 Å². The van der Waals surface area contributed by atoms with Gasteiger partial charge in [0.2, 0.25) is 0 Å². The van der Waals surface area contributed by atoms with Gasteiger partial charge in [0, 0.05) is 65.8 Å². The van der Waals surface area contributed by atoms with Gasteiger partial charge >= 0.3 is 5.51 Å². The van der Waals surface area contributed by atoms with Crippen LogP contribution < -0.4 is 20.3 Å². The van der Waals surface area contributed by atoms with Crippen molar-refractivity contribution in [1.82, 2.24) is 14.9 Å². The van der Waals surface area contributed by atoms with Gasteiger partial charge in [0.25, 0.3) is 12.4 Å². The summed E-state index contributed by atoms with van der Waals surface area (Å²) in [5.74, 6) is 0.851. The Morgan fingerprint density at radius 3 is 2.14 bits per heavy atom. The molecule has 16 heteroatoms. The Balaban J connectivity index is 0.000000393. The highest BCUT2D eigenvalue weighted by Crippen LogP contribution is 2.43. The van der Waals surface area contributed by atoms with Crippen LogP contribution in [0.2, 0.25) is 5.02 Å². The molecular weight excluding hydrogens is 923 g/mol. The van der Waals surface area contributed by atoms with Gasteiger partial charge in [0.15, 0.2) is 10.8 Å². The molecule has 0 saturated carbocycles. The molecule has 2 aliphatic rings. The lowest BCUT2D eigenvalue weighted by Crippen LogP contribution is -2.47. The summed E-state index contributed by atoms with van der Waals surface area (Å²) >= 11 is 8.98. The number of nitrogens with one attached hydrogen (secondary N) is 3. The number of halogens is 4. The highest BCUT2D eigenvalue weighted by Gasteiger charge is 2.39. The number of carbonyl (C=O) groups excluding carboxylic acids is 2. The molecule has 1 aliphatic carbocycles. The van der Waals surface area contributed by atoms with Gasteiger partial charge in [-0.2, -0.15) is 13.2 Å². The number of piperazine rings is 1. The molecule has 9 nitrogen and oxygen atoms in total. The maximum absolute atomic E-state index is 13.1. The van der Waals surface area contributed by atoms with Gasteiger partial charge in [0.1, 0.15) is 5.60 Å². The van der Waals surface area contributed by atoms with Crippen LogP contribution in [0.4, 0.5) is 24.5 Å². The Hall–Kier alpha value is -3.99. The fourth-order valence-electron chi connectivity index (χ4n) is 7.29. The van der Waals surface area contributed by atoms with E-state index in [1.807, 2.05) is 63.8 Å². The third-order valence-corrected chi connectivity index (χ3v) is 14.1. The summed E-state index contributed by atoms with van der Waals surface area (Å²) in [6, 6.07) is 30.3. The first kappa shape index (κ1) is 54.6. The van der Waals surface area contributed by atoms with Crippen molar-refractivity contribution < 1.29 is 31.7 Å². The molecule has 0 radical (unpaired) electrons. The molecule has 3 N–H and O–H groups in total. The summed E-state index contributed by atoms with van der Waals surface area (Å²) in [4.78, 5) is 28.6. The molecule has 4 aromatic rings. The number of amides is 1. The van der Waals surface area contributed by atoms with Gasteiger partial charge < -0.3 is 20.3 Å². The third-order valence-electron chi connectivity index (χ3n) is 10.8. The molecule has 1 atom stereocenters. The largest absolute Gasteiger partial charge is 0.475 e. The van der Waals surface area contributed by atoms with Gasteiger partial charge in [-0.15, -0.1) is 11.8 Å². The lowest BCUT2D eigenvalue weighted by atomic mass is 9.73. The molecule has 0 bridgehead atoms. The van der Waals surface area contributed by atoms with Crippen LogP contribution in [0.15, 0.2) is 117 Å². The SMILES string of the molecule is CC(C)(C)OC=O.CNCCCCSc1ccccc1.CNc1ccc(SNC(=O)c2ccc(N3CCN(CC4=C(c5ccc(Cl)cc5)CCC(C)(C)C4)CC3)cc2)cc1S(=O)C(F)(F)F. The van der Waals surface area contributed by atoms with Gasteiger partial charge in [0.05, 0.1) is 10.6 Å². The van der Waals surface area contributed by atoms with E-state index in [2.05, 4.69) is 86.2 Å². The van der Waals surface area contributed by atoms with Crippen LogP contribution in [-0.2, 0) is 20.3 Å². The number of ether oxygens (including phenoxy) is 1. The van der Waals surface area contributed by atoms with Crippen LogP contribution >= 0.6 is 35.3 Å². The molecule has 1 aliphatic heterocycles. The van der Waals surface area contributed by atoms with Crippen molar-refractivity contribution in [3.05, 3.63) is 119 Å². The van der Waals surface area contributed by atoms with Crippen molar-refractivity contribution in [3.8, 4) is 0 Å². The summed E-state index contributed by atoms with van der Waals surface area (Å²) < 4.78 is 58.5. The fourth-order valence-corrected chi connectivity index (χ4v) is 9.92. The molecule has 1 saturated heterocycles. The predicted octanol–water partition coefficient (Wildman–Crippen LogP) is 12.0. The number of anilines is 2. The molecule has 360 valence electrons. The van der Waals surface area contributed by atoms with Crippen molar-refractivity contribution in [3.63, 3.8) is 0 Å². The lowest BCUT2D eigenvalue weighted by Gasteiger charge is -2.39. The van der Waals surface area contributed by atoms with E-state index in [1.165, 1.54) is 65.8 Å². The second kappa shape index (κ2) is 26.5. The van der Waals surface area contributed by atoms with Crippen LogP contribution in [0.3, 0.4) is 0 Å². The molecule has 4 aromatic carbocycles. The van der Waals surface area contributed by atoms with E-state index < -0.39 is 16.3 Å². The lowest BCUT2D eigenvalue weighted by molar-refractivity contribution is -0.138. The third kappa shape index (κ3) is 18.6. The van der Waals surface area contributed by atoms with E-state index in [4.69, 9.17) is 11.6 Å². The average molecular weight is 989 g/mol. The molecule has 1 heterocycles. The van der Waals surface area contributed by atoms with Crippen molar-refractivity contribution in [2.75, 3.05) is 69.3 Å². The van der Waals surface area contributed by atoms with Crippen molar-refractivity contribution >= 4 is 75.4 Å². The number of alkyl halides is 3. The summed E-state index contributed by atoms with van der Waals surface area (Å²) in [6.07, 6.45) is 5.90. The van der Waals surface area contributed by atoms with Crippen molar-refractivity contribution in [2.24, 2.45) is 5.41 Å². The van der Waals surface area contributed by atoms with E-state index in [9.17, 15) is 27.0 Å². The molecule has 1 fully saturated rings. The highest BCUT2D eigenvalue weighted by molar-refractivity contribution is 7.99. The first-order valence-corrected chi connectivity index (χ1v) is 25.4. The Kier molecular flexibility index (Phi) is 21.9. The molecule has 6 rings (SSSR count). The second-order valence-electron chi connectivity index (χ2n) is 17.7. The minimum atomic E-state index is -4.89. The Labute approximate surface area is 406 Å². The van der Waals surface area contributed by atoms with Gasteiger partial charge in [-0.1, -0.05) is 61.4 Å². The fraction of sp³-hybridized carbons (Fsp3) is 0.440. The van der Waals surface area contributed by atoms with Crippen LogP contribution in [0, 0.1) is 5.41 Å². The molecule has 0 aromatic heterocycles. The number of allylic oxidation sites excluding steroid dienone is 1. The Morgan fingerprint density at radius 1 is 0.894 bits per heavy atom. The summed E-state index contributed by atoms with van der Waals surface area (Å²) in [5, 5.41) is 6.54. The highest BCUT2D eigenvalue weighted by atomic mass is 35.5. The summed E-state index contributed by atoms with van der Waals surface area (Å²) in [5.41, 5.74) is 0.895. The monoisotopic (exact) mass is 987 g/mol. The molecule has 1 amide bonds. The van der Waals surface area contributed by atoms with E-state index in [0.29, 0.717) is 16.9 Å². The van der Waals surface area contributed by atoms with E-state index in [0.717, 1.165) is 74.8 Å². The normalized spacial score (nSPS) is 15.7. The van der Waals surface area contributed by atoms with Gasteiger partial charge in [-0.05, 0) is 167 Å². The van der Waals surface area contributed by atoms with Gasteiger partial charge in [-0.25, -0.2) is 4.21 Å². The molecule has 0 spiro atoms. The number of hydrogen-bond acceptors (Lipinski definition) is 10. The molecule has 66 heavy (non-hydrogen) atoms. The summed E-state index contributed by atoms with van der Waals surface area (Å²) in [6.45, 7) is 16.3. The van der Waals surface area contributed by atoms with E-state index in [-0.39, 0.29) is 27.5 Å². The Bertz CT molecular complexity index is 2180. The van der Waals surface area contributed by atoms with E-state index >= 15 is 0 Å². The number of thioether (sulfide) groups is 1. The molecule has 1 unspecified atom stereocenters. The quantitative estimate of drug-likeness (QED) is 0.0435. The maximum atomic E-state index is 13.1. The smallest absolute Gasteiger partial charge is 0.462 e. The number of unbranched alkanes of at least 4 members (excludes halogenated alkanes) is 1. The number of nitrogens with zero attached hydrogens (tertiary/aromatic N) is 2. The number of hydrogen-bond donors (Lipinski definition) is 3. The first-order chi connectivity index (χ1) is 31.3. The minimum Gasteiger partial charge on any atom is -0.462 e. The van der Waals surface area contributed by atoms with Crippen molar-refractivity contribution in [2.45, 2.75) is 92.5 Å². The second-order valence-corrected chi connectivity index (χ2v) is 21.6. The Morgan fingerprint density at radius 2 is 1.56 bits per heavy atom. The van der Waals surface area contributed by atoms with Crippen LogP contribution in [-0.4, -0.2) is 91.7 Å². The zero-order valence-electron chi connectivity index (χ0n) is 39.1. The minimum absolute atomic E-state index is 0.112. The standard InChI is InChI=1S/C34H38ClF3N4O2S2.C11H17NS.C5H10O2/c1-33(2)15-14-29(23-4-8-26(35)9-5-23)25(21-33)22-41-16-18-42(19-17-41)27-10-6-24(7-11-27)32(43)40-45-28-12-13-30(39-3)31(20-28)46(44)34(36,37)38;1-12-9-5-6-10-13-11-7-3-2-4-8-11;1-5(2,3)7-4-6/h4-13,20,39H,14-19,21-22H2,1-3H3,(H,40,43);2-4,7-8,12H,5-6,9-10H2,1H3;4H,1-3H3. The summed E-state index contributed by atoms with van der Waals surface area (Å²) in [7, 11) is 0.263. The van der Waals surface area contributed by atoms with Gasteiger partial charge in [-0.3, -0.25) is 19.2 Å². The topological polar surface area (TPSA) is 103 Å². The van der Waals surface area contributed by atoms with E-state index in [1.54, 1.807) is 18.2 Å².